The maximum atomic E-state index is 14.6. The van der Waals surface area contributed by atoms with E-state index >= 15 is 0 Å². The van der Waals surface area contributed by atoms with Crippen LogP contribution in [0.4, 0.5) is 16.0 Å². The van der Waals surface area contributed by atoms with E-state index in [1.165, 1.54) is 19.0 Å². The predicted molar refractivity (Wildman–Crippen MR) is 123 cm³/mol. The third-order valence-electron chi connectivity index (χ3n) is 5.76. The van der Waals surface area contributed by atoms with E-state index in [9.17, 15) is 4.39 Å². The Morgan fingerprint density at radius 2 is 2.07 bits per heavy atom. The van der Waals surface area contributed by atoms with Crippen LogP contribution in [0.5, 0.6) is 0 Å². The number of thioether (sulfide) groups is 1. The van der Waals surface area contributed by atoms with Crippen LogP contribution in [0.25, 0.3) is 10.9 Å². The van der Waals surface area contributed by atoms with Crippen LogP contribution in [0.3, 0.4) is 0 Å². The van der Waals surface area contributed by atoms with Crippen LogP contribution in [0.1, 0.15) is 31.4 Å². The summed E-state index contributed by atoms with van der Waals surface area (Å²) in [4.78, 5) is 17.7. The first-order valence-corrected chi connectivity index (χ1v) is 11.5. The monoisotopic (exact) mass is 486 g/mol. The Morgan fingerprint density at radius 3 is 2.83 bits per heavy atom. The van der Waals surface area contributed by atoms with Crippen LogP contribution in [0.2, 0.25) is 0 Å². The molecule has 30 heavy (non-hydrogen) atoms. The smallest absolute Gasteiger partial charge is 0.158 e. The average molecular weight is 487 g/mol. The zero-order chi connectivity index (χ0) is 20.9. The van der Waals surface area contributed by atoms with E-state index in [1.54, 1.807) is 30.2 Å². The molecule has 9 heteroatoms. The topological polar surface area (TPSA) is 89.1 Å². The predicted octanol–water partition coefficient (Wildman–Crippen LogP) is 4.98. The second-order valence-corrected chi connectivity index (χ2v) is 10.2. The molecule has 0 saturated heterocycles. The minimum Gasteiger partial charge on any atom is -0.386 e. The molecule has 2 aliphatic rings. The second kappa shape index (κ2) is 7.46. The zero-order valence-corrected chi connectivity index (χ0v) is 18.7. The molecule has 1 aliphatic carbocycles. The summed E-state index contributed by atoms with van der Waals surface area (Å²) in [6.07, 6.45) is 7.00. The Hall–Kier alpha value is -2.26. The molecule has 6 nitrogen and oxygen atoms in total. The zero-order valence-electron chi connectivity index (χ0n) is 16.3. The van der Waals surface area contributed by atoms with Gasteiger partial charge in [0.25, 0.3) is 0 Å². The van der Waals surface area contributed by atoms with Crippen LogP contribution in [-0.4, -0.2) is 31.3 Å². The lowest BCUT2D eigenvalue weighted by molar-refractivity contribution is 0.584. The van der Waals surface area contributed by atoms with Crippen LogP contribution in [0.15, 0.2) is 46.3 Å². The molecule has 3 aromatic heterocycles. The molecule has 1 aliphatic heterocycles. The van der Waals surface area contributed by atoms with E-state index < -0.39 is 0 Å². The summed E-state index contributed by atoms with van der Waals surface area (Å²) >= 11 is 5.21. The number of anilines is 2. The Bertz CT molecular complexity index is 1170. The van der Waals surface area contributed by atoms with E-state index in [4.69, 9.17) is 5.73 Å². The largest absolute Gasteiger partial charge is 0.386 e. The molecule has 1 fully saturated rings. The van der Waals surface area contributed by atoms with E-state index in [-0.39, 0.29) is 16.6 Å². The highest BCUT2D eigenvalue weighted by Gasteiger charge is 2.47. The first-order valence-electron chi connectivity index (χ1n) is 9.74. The van der Waals surface area contributed by atoms with Gasteiger partial charge in [0.1, 0.15) is 23.0 Å². The Kier molecular flexibility index (Phi) is 4.89. The second-order valence-electron chi connectivity index (χ2n) is 7.82. The summed E-state index contributed by atoms with van der Waals surface area (Å²) < 4.78 is 15.4. The highest BCUT2D eigenvalue weighted by Crippen LogP contribution is 2.51. The lowest BCUT2D eigenvalue weighted by atomic mass is 10.0. The minimum atomic E-state index is -0.384. The molecule has 154 valence electrons. The number of fused-ring (bicyclic) bond motifs is 1. The summed E-state index contributed by atoms with van der Waals surface area (Å²) in [6, 6.07) is 5.21. The van der Waals surface area contributed by atoms with Gasteiger partial charge < -0.3 is 11.1 Å². The van der Waals surface area contributed by atoms with Crippen molar-refractivity contribution in [2.24, 2.45) is 16.6 Å². The number of halogens is 2. The molecule has 1 unspecified atom stereocenters. The molecular formula is C21H20BrFN6S. The van der Waals surface area contributed by atoms with Gasteiger partial charge in [0, 0.05) is 33.6 Å². The number of nitrogens with two attached hydrogens (primary N) is 1. The van der Waals surface area contributed by atoms with Crippen molar-refractivity contribution in [2.45, 2.75) is 30.6 Å². The SMILES string of the molecule is C[C@@]1(C2CC2)SCC(c2cc(Nc3nccc4cc(Br)cnc34)ncc2F)N=C1N. The number of hydrogen-bond donors (Lipinski definition) is 2. The fraction of sp³-hybridized carbons (Fsp3) is 0.333. The average Bonchev–Trinajstić information content (AvgIpc) is 3.57. The molecule has 0 amide bonds. The maximum Gasteiger partial charge on any atom is 0.158 e. The number of aromatic nitrogens is 3. The Labute approximate surface area is 186 Å². The van der Waals surface area contributed by atoms with Crippen LogP contribution in [-0.2, 0) is 0 Å². The lowest BCUT2D eigenvalue weighted by Crippen LogP contribution is -2.43. The molecule has 0 bridgehead atoms. The number of aliphatic imine (C=N–C) groups is 1. The van der Waals surface area contributed by atoms with Crippen LogP contribution < -0.4 is 11.1 Å². The lowest BCUT2D eigenvalue weighted by Gasteiger charge is -2.35. The number of hydrogen-bond acceptors (Lipinski definition) is 7. The Balaban J connectivity index is 1.46. The van der Waals surface area contributed by atoms with E-state index in [1.807, 2.05) is 12.1 Å². The summed E-state index contributed by atoms with van der Waals surface area (Å²) in [6.45, 7) is 2.15. The summed E-state index contributed by atoms with van der Waals surface area (Å²) in [7, 11) is 0. The third-order valence-corrected chi connectivity index (χ3v) is 7.82. The fourth-order valence-electron chi connectivity index (χ4n) is 3.80. The Morgan fingerprint density at radius 1 is 1.23 bits per heavy atom. The first kappa shape index (κ1) is 19.7. The summed E-state index contributed by atoms with van der Waals surface area (Å²) in [5.74, 6) is 2.55. The fourth-order valence-corrected chi connectivity index (χ4v) is 5.58. The van der Waals surface area contributed by atoms with E-state index in [0.29, 0.717) is 40.2 Å². The number of amidine groups is 1. The van der Waals surface area contributed by atoms with Crippen molar-refractivity contribution in [3.05, 3.63) is 52.6 Å². The van der Waals surface area contributed by atoms with Gasteiger partial charge in [0.05, 0.1) is 17.0 Å². The minimum absolute atomic E-state index is 0.131. The van der Waals surface area contributed by atoms with Crippen LogP contribution in [0, 0.1) is 11.7 Å². The van der Waals surface area contributed by atoms with Gasteiger partial charge in [-0.15, -0.1) is 11.8 Å². The van der Waals surface area contributed by atoms with Crippen molar-refractivity contribution >= 4 is 56.1 Å². The normalized spacial score (nSPS) is 24.0. The maximum absolute atomic E-state index is 14.6. The molecule has 4 heterocycles. The first-order chi connectivity index (χ1) is 14.4. The van der Waals surface area contributed by atoms with E-state index in [2.05, 4.69) is 48.1 Å². The summed E-state index contributed by atoms with van der Waals surface area (Å²) in [5.41, 5.74) is 7.52. The number of nitrogens with one attached hydrogen (secondary N) is 1. The van der Waals surface area contributed by atoms with Crippen LogP contribution >= 0.6 is 27.7 Å². The molecule has 3 N–H and O–H groups in total. The van der Waals surface area contributed by atoms with Gasteiger partial charge in [-0.2, -0.15) is 0 Å². The van der Waals surface area contributed by atoms with Crippen molar-refractivity contribution in [2.75, 3.05) is 11.1 Å². The standard InChI is InChI=1S/C21H20BrFN6S/c1-21(12-2-3-12)20(24)28-16(10-30-21)14-7-17(26-9-15(14)23)29-19-18-11(4-5-25-19)6-13(22)8-27-18/h4-9,12,16H,2-3,10H2,1H3,(H2,24,28)(H,25,26,29)/t16?,21-/m0/s1. The van der Waals surface area contributed by atoms with Crippen molar-refractivity contribution in [3.63, 3.8) is 0 Å². The van der Waals surface area contributed by atoms with Crippen molar-refractivity contribution in [1.29, 1.82) is 0 Å². The summed E-state index contributed by atoms with van der Waals surface area (Å²) in [5, 5.41) is 4.11. The molecule has 0 radical (unpaired) electrons. The van der Waals surface area contributed by atoms with Crippen molar-refractivity contribution < 1.29 is 4.39 Å². The van der Waals surface area contributed by atoms with E-state index in [0.717, 1.165) is 9.86 Å². The highest BCUT2D eigenvalue weighted by molar-refractivity contribution is 9.10. The third kappa shape index (κ3) is 3.54. The van der Waals surface area contributed by atoms with Gasteiger partial charge in [-0.05, 0) is 59.8 Å². The van der Waals surface area contributed by atoms with Gasteiger partial charge in [-0.25, -0.2) is 14.4 Å². The molecule has 0 spiro atoms. The number of pyridine rings is 3. The number of rotatable bonds is 4. The van der Waals surface area contributed by atoms with Gasteiger partial charge in [0.2, 0.25) is 0 Å². The number of nitrogens with zero attached hydrogens (tertiary/aromatic N) is 4. The highest BCUT2D eigenvalue weighted by atomic mass is 79.9. The molecule has 0 aromatic carbocycles. The van der Waals surface area contributed by atoms with Gasteiger partial charge >= 0.3 is 0 Å². The molecular weight excluding hydrogens is 467 g/mol. The quantitative estimate of drug-likeness (QED) is 0.540. The molecule has 5 rings (SSSR count). The molecule has 2 atom stereocenters. The van der Waals surface area contributed by atoms with Crippen molar-refractivity contribution in [3.8, 4) is 0 Å². The van der Waals surface area contributed by atoms with Gasteiger partial charge in [0.15, 0.2) is 5.82 Å². The van der Waals surface area contributed by atoms with Crippen molar-refractivity contribution in [1.82, 2.24) is 15.0 Å². The molecule has 1 saturated carbocycles. The molecule has 3 aromatic rings. The van der Waals surface area contributed by atoms with Gasteiger partial charge in [-0.1, -0.05) is 0 Å². The van der Waals surface area contributed by atoms with Gasteiger partial charge in [-0.3, -0.25) is 9.98 Å².